The Hall–Kier alpha value is -2.90. The van der Waals surface area contributed by atoms with Crippen molar-refractivity contribution < 1.29 is 32.5 Å². The van der Waals surface area contributed by atoms with Crippen LogP contribution in [-0.4, -0.2) is 24.2 Å². The number of phenols is 1. The molecule has 0 radical (unpaired) electrons. The number of carbonyl (C=O) groups excluding carboxylic acids is 1. The Morgan fingerprint density at radius 2 is 2.08 bits per heavy atom. The summed E-state index contributed by atoms with van der Waals surface area (Å²) in [6, 6.07) is 7.40. The predicted molar refractivity (Wildman–Crippen MR) is 87.5 cm³/mol. The summed E-state index contributed by atoms with van der Waals surface area (Å²) in [5, 5.41) is 12.2. The number of hydrogen-bond donors (Lipinski definition) is 2. The van der Waals surface area contributed by atoms with Crippen molar-refractivity contribution in [3.05, 3.63) is 47.5 Å². The fourth-order valence-electron chi connectivity index (χ4n) is 2.74. The van der Waals surface area contributed by atoms with Gasteiger partial charge in [-0.05, 0) is 42.7 Å². The smallest absolute Gasteiger partial charge is 0.416 e. The van der Waals surface area contributed by atoms with Crippen LogP contribution in [0.1, 0.15) is 17.5 Å². The molecule has 1 aliphatic rings. The van der Waals surface area contributed by atoms with E-state index in [4.69, 9.17) is 9.47 Å². The van der Waals surface area contributed by atoms with Gasteiger partial charge in [0.25, 0.3) is 5.91 Å². The van der Waals surface area contributed by atoms with E-state index in [0.29, 0.717) is 18.6 Å². The first-order chi connectivity index (χ1) is 12.3. The van der Waals surface area contributed by atoms with Crippen LogP contribution in [0, 0.1) is 0 Å². The number of halogens is 3. The first-order valence-corrected chi connectivity index (χ1v) is 7.82. The second-order valence-corrected chi connectivity index (χ2v) is 5.84. The maximum Gasteiger partial charge on any atom is 0.416 e. The molecule has 0 bridgehead atoms. The molecule has 0 saturated carbocycles. The highest BCUT2D eigenvalue weighted by atomic mass is 19.4. The molecule has 138 valence electrons. The summed E-state index contributed by atoms with van der Waals surface area (Å²) in [5.41, 5.74) is -0.0700. The van der Waals surface area contributed by atoms with E-state index in [0.717, 1.165) is 17.7 Å². The summed E-state index contributed by atoms with van der Waals surface area (Å²) in [7, 11) is 1.39. The molecule has 2 aromatic carbocycles. The predicted octanol–water partition coefficient (Wildman–Crippen LogP) is 3.75. The van der Waals surface area contributed by atoms with E-state index in [9.17, 15) is 23.1 Å². The number of anilines is 1. The van der Waals surface area contributed by atoms with Crippen LogP contribution in [0.25, 0.3) is 0 Å². The highest BCUT2D eigenvalue weighted by Crippen LogP contribution is 2.38. The van der Waals surface area contributed by atoms with Gasteiger partial charge in [0, 0.05) is 11.8 Å². The molecule has 1 atom stereocenters. The number of rotatable bonds is 3. The summed E-state index contributed by atoms with van der Waals surface area (Å²) in [5.74, 6) is 0.0431. The number of aryl methyl sites for hydroxylation is 1. The van der Waals surface area contributed by atoms with Crippen molar-refractivity contribution in [3.8, 4) is 17.2 Å². The Bertz CT molecular complexity index is 836. The molecule has 1 heterocycles. The minimum atomic E-state index is -4.49. The number of aromatic hydroxyl groups is 1. The zero-order valence-electron chi connectivity index (χ0n) is 13.8. The Morgan fingerprint density at radius 1 is 1.31 bits per heavy atom. The molecule has 1 amide bonds. The molecular weight excluding hydrogens is 351 g/mol. The van der Waals surface area contributed by atoms with Crippen molar-refractivity contribution in [2.75, 3.05) is 12.4 Å². The third kappa shape index (κ3) is 3.68. The molecule has 2 aromatic rings. The maximum atomic E-state index is 12.8. The number of nitrogens with one attached hydrogen (secondary N) is 1. The molecule has 26 heavy (non-hydrogen) atoms. The van der Waals surface area contributed by atoms with Gasteiger partial charge in [-0.25, -0.2) is 0 Å². The minimum absolute atomic E-state index is 0.0262. The van der Waals surface area contributed by atoms with Crippen LogP contribution in [0.2, 0.25) is 0 Å². The van der Waals surface area contributed by atoms with E-state index in [1.165, 1.54) is 31.4 Å². The number of ether oxygens (including phenoxy) is 2. The lowest BCUT2D eigenvalue weighted by molar-refractivity contribution is -0.137. The summed E-state index contributed by atoms with van der Waals surface area (Å²) in [6.07, 6.45) is -4.53. The van der Waals surface area contributed by atoms with Crippen LogP contribution < -0.4 is 14.8 Å². The van der Waals surface area contributed by atoms with Crippen LogP contribution in [0.3, 0.4) is 0 Å². The van der Waals surface area contributed by atoms with E-state index in [2.05, 4.69) is 5.32 Å². The number of carbonyl (C=O) groups is 1. The summed E-state index contributed by atoms with van der Waals surface area (Å²) >= 11 is 0. The van der Waals surface area contributed by atoms with Gasteiger partial charge in [0.15, 0.2) is 17.6 Å². The zero-order valence-corrected chi connectivity index (χ0v) is 13.8. The lowest BCUT2D eigenvalue weighted by atomic mass is 10.0. The molecule has 1 unspecified atom stereocenters. The Morgan fingerprint density at radius 3 is 2.77 bits per heavy atom. The average molecular weight is 367 g/mol. The van der Waals surface area contributed by atoms with E-state index in [-0.39, 0.29) is 17.2 Å². The average Bonchev–Trinajstić information content (AvgIpc) is 2.60. The number of alkyl halides is 3. The highest BCUT2D eigenvalue weighted by molar-refractivity contribution is 5.94. The second-order valence-electron chi connectivity index (χ2n) is 5.84. The van der Waals surface area contributed by atoms with Crippen molar-refractivity contribution >= 4 is 11.6 Å². The van der Waals surface area contributed by atoms with Gasteiger partial charge in [-0.3, -0.25) is 4.79 Å². The third-order valence-electron chi connectivity index (χ3n) is 4.06. The van der Waals surface area contributed by atoms with Gasteiger partial charge in [0.2, 0.25) is 0 Å². The third-order valence-corrected chi connectivity index (χ3v) is 4.06. The Balaban J connectivity index is 1.74. The van der Waals surface area contributed by atoms with Crippen molar-refractivity contribution in [2.24, 2.45) is 0 Å². The van der Waals surface area contributed by atoms with Gasteiger partial charge in [-0.2, -0.15) is 13.2 Å². The van der Waals surface area contributed by atoms with Gasteiger partial charge in [0.1, 0.15) is 5.75 Å². The molecule has 5 nitrogen and oxygen atoms in total. The molecule has 0 saturated heterocycles. The van der Waals surface area contributed by atoms with Crippen molar-refractivity contribution in [2.45, 2.75) is 25.1 Å². The lowest BCUT2D eigenvalue weighted by Crippen LogP contribution is -2.35. The SMILES string of the molecule is COc1cc2c(cc1O)CCC(C(=O)Nc1cccc(C(F)(F)F)c1)O2. The summed E-state index contributed by atoms with van der Waals surface area (Å²) in [4.78, 5) is 12.4. The monoisotopic (exact) mass is 367 g/mol. The molecule has 8 heteroatoms. The Labute approximate surface area is 147 Å². The molecule has 0 spiro atoms. The topological polar surface area (TPSA) is 67.8 Å². The fraction of sp³-hybridized carbons (Fsp3) is 0.278. The van der Waals surface area contributed by atoms with Gasteiger partial charge in [-0.15, -0.1) is 0 Å². The molecule has 3 rings (SSSR count). The molecule has 2 N–H and O–H groups in total. The maximum absolute atomic E-state index is 12.8. The quantitative estimate of drug-likeness (QED) is 0.867. The number of amides is 1. The standard InChI is InChI=1S/C18H16F3NO4/c1-25-16-9-15-10(7-13(16)23)5-6-14(26-15)17(24)22-12-4-2-3-11(8-12)18(19,20)21/h2-4,7-9,14,23H,5-6H2,1H3,(H,22,24). The lowest BCUT2D eigenvalue weighted by Gasteiger charge is -2.26. The van der Waals surface area contributed by atoms with Crippen molar-refractivity contribution in [1.82, 2.24) is 0 Å². The summed E-state index contributed by atoms with van der Waals surface area (Å²) in [6.45, 7) is 0. The fourth-order valence-corrected chi connectivity index (χ4v) is 2.74. The van der Waals surface area contributed by atoms with E-state index >= 15 is 0 Å². The zero-order chi connectivity index (χ0) is 18.9. The van der Waals surface area contributed by atoms with E-state index < -0.39 is 23.8 Å². The molecule has 1 aliphatic heterocycles. The Kier molecular flexibility index (Phi) is 4.67. The van der Waals surface area contributed by atoms with Crippen LogP contribution in [0.5, 0.6) is 17.2 Å². The van der Waals surface area contributed by atoms with Gasteiger partial charge in [-0.1, -0.05) is 6.07 Å². The van der Waals surface area contributed by atoms with Crippen LogP contribution in [-0.2, 0) is 17.4 Å². The van der Waals surface area contributed by atoms with Crippen LogP contribution in [0.15, 0.2) is 36.4 Å². The number of phenolic OH excluding ortho intramolecular Hbond substituents is 1. The van der Waals surface area contributed by atoms with Gasteiger partial charge in [0.05, 0.1) is 12.7 Å². The first-order valence-electron chi connectivity index (χ1n) is 7.82. The molecular formula is C18H16F3NO4. The number of methoxy groups -OCH3 is 1. The van der Waals surface area contributed by atoms with Crippen molar-refractivity contribution in [3.63, 3.8) is 0 Å². The molecule has 0 fully saturated rings. The number of fused-ring (bicyclic) bond motifs is 1. The van der Waals surface area contributed by atoms with Crippen LogP contribution >= 0.6 is 0 Å². The van der Waals surface area contributed by atoms with Crippen molar-refractivity contribution in [1.29, 1.82) is 0 Å². The minimum Gasteiger partial charge on any atom is -0.504 e. The van der Waals surface area contributed by atoms with Gasteiger partial charge >= 0.3 is 6.18 Å². The number of hydrogen-bond acceptors (Lipinski definition) is 4. The molecule has 0 aromatic heterocycles. The van der Waals surface area contributed by atoms with E-state index in [1.54, 1.807) is 0 Å². The summed E-state index contributed by atoms with van der Waals surface area (Å²) < 4.78 is 48.9. The second kappa shape index (κ2) is 6.78. The normalized spacial score (nSPS) is 16.4. The van der Waals surface area contributed by atoms with E-state index in [1.807, 2.05) is 0 Å². The van der Waals surface area contributed by atoms with Gasteiger partial charge < -0.3 is 19.9 Å². The largest absolute Gasteiger partial charge is 0.504 e. The van der Waals surface area contributed by atoms with Crippen LogP contribution in [0.4, 0.5) is 18.9 Å². The molecule has 0 aliphatic carbocycles. The number of benzene rings is 2. The first kappa shape index (κ1) is 17.9. The highest BCUT2D eigenvalue weighted by Gasteiger charge is 2.31.